The molecule has 0 saturated carbocycles. The van der Waals surface area contributed by atoms with Crippen molar-refractivity contribution in [3.05, 3.63) is 163 Å². The highest BCUT2D eigenvalue weighted by Crippen LogP contribution is 2.42. The van der Waals surface area contributed by atoms with Crippen molar-refractivity contribution >= 4 is 47.5 Å². The zero-order chi connectivity index (χ0) is 94.5. The van der Waals surface area contributed by atoms with Gasteiger partial charge < -0.3 is 107 Å². The molecule has 4 aromatic carbocycles. The predicted octanol–water partition coefficient (Wildman–Crippen LogP) is 5.59. The SMILES string of the molecule is CCCCCCOc1c2cc(Cn3cc(CNC(=O)C(N)CCCNC(=N)N)nn3)cc1Cc1cc(Cn3cc(CNC(=O)C(N)CCCNC(=N)N)nn3)cc(c1OCCCCCC)Cc1cc(Cn3cc(CNC(=O)C(N)CCCNC(=N)N)nn3)cc(c1OCCCCCC)Cc1cc(Cn3cc(CNC(=O)C(N)CCCNC(=N)N)nn3)cc(c1OCCCCCC)C2. The molecule has 720 valence electrons. The van der Waals surface area contributed by atoms with Gasteiger partial charge in [-0.2, -0.15) is 0 Å². The van der Waals surface area contributed by atoms with Gasteiger partial charge in [0.1, 0.15) is 45.8 Å². The van der Waals surface area contributed by atoms with Gasteiger partial charge in [-0.05, 0) is 192 Å². The van der Waals surface area contributed by atoms with Crippen LogP contribution in [0.25, 0.3) is 0 Å². The van der Waals surface area contributed by atoms with Crippen LogP contribution in [-0.2, 0) is 97.2 Å². The maximum absolute atomic E-state index is 13.4. The Morgan fingerprint density at radius 1 is 0.311 bits per heavy atom. The van der Waals surface area contributed by atoms with Crippen LogP contribution in [0.2, 0.25) is 0 Å². The van der Waals surface area contributed by atoms with E-state index < -0.39 is 24.2 Å². The number of rotatable bonds is 60. The summed E-state index contributed by atoms with van der Waals surface area (Å²) in [4.78, 5) is 53.8. The molecule has 0 fully saturated rings. The lowest BCUT2D eigenvalue weighted by Gasteiger charge is -2.25. The lowest BCUT2D eigenvalue weighted by molar-refractivity contribution is -0.123. The molecule has 8 aromatic rings. The number of fused-ring (bicyclic) bond motifs is 8. The highest BCUT2D eigenvalue weighted by Gasteiger charge is 2.28. The van der Waals surface area contributed by atoms with E-state index in [9.17, 15) is 19.2 Å². The topological polar surface area (TPSA) is 628 Å². The number of guanidine groups is 4. The molecule has 1 aliphatic carbocycles. The Labute approximate surface area is 774 Å². The maximum Gasteiger partial charge on any atom is 0.237 e. The normalized spacial score (nSPS) is 12.7. The third-order valence-electron chi connectivity index (χ3n) is 22.6. The van der Waals surface area contributed by atoms with Crippen molar-refractivity contribution in [2.45, 2.75) is 284 Å². The second-order valence-corrected chi connectivity index (χ2v) is 34.2. The molecular formula is C92H144N32O8. The number of hydrogen-bond acceptors (Lipinski definition) is 24. The summed E-state index contributed by atoms with van der Waals surface area (Å²) in [6.45, 7) is 13.3. The average Bonchev–Trinajstić information content (AvgIpc) is 1.00. The minimum absolute atomic E-state index is 0.0674. The molecule has 28 N–H and O–H groups in total. The van der Waals surface area contributed by atoms with E-state index in [1.807, 2.05) is 24.8 Å². The number of carbonyl (C=O) groups excluding carboxylic acids is 4. The van der Waals surface area contributed by atoms with Crippen LogP contribution < -0.4 is 107 Å². The number of amides is 4. The molecule has 40 nitrogen and oxygen atoms in total. The van der Waals surface area contributed by atoms with Gasteiger partial charge in [-0.15, -0.1) is 20.4 Å². The summed E-state index contributed by atoms with van der Waals surface area (Å²) in [5.74, 6) is 0.777. The second-order valence-electron chi connectivity index (χ2n) is 34.2. The van der Waals surface area contributed by atoms with Gasteiger partial charge in [0.25, 0.3) is 0 Å². The molecule has 4 unspecified atom stereocenters. The molecule has 1 aliphatic rings. The van der Waals surface area contributed by atoms with E-state index in [-0.39, 0.29) is 99.8 Å². The molecule has 132 heavy (non-hydrogen) atoms. The number of hydrogen-bond donors (Lipinski definition) is 20. The van der Waals surface area contributed by atoms with Gasteiger partial charge in [-0.3, -0.25) is 40.8 Å². The van der Waals surface area contributed by atoms with E-state index >= 15 is 0 Å². The fraction of sp³-hybridized carbons (Fsp3) is 0.565. The van der Waals surface area contributed by atoms with Crippen molar-refractivity contribution in [2.75, 3.05) is 52.6 Å². The summed E-state index contributed by atoms with van der Waals surface area (Å²) in [5.41, 5.74) is 60.0. The van der Waals surface area contributed by atoms with Crippen molar-refractivity contribution in [1.29, 1.82) is 21.6 Å². The Morgan fingerprint density at radius 2 is 0.508 bits per heavy atom. The highest BCUT2D eigenvalue weighted by molar-refractivity contribution is 5.83. The average molecular weight is 1830 g/mol. The molecule has 9 rings (SSSR count). The van der Waals surface area contributed by atoms with Crippen molar-refractivity contribution in [3.8, 4) is 23.0 Å². The highest BCUT2D eigenvalue weighted by atomic mass is 16.5. The lowest BCUT2D eigenvalue weighted by atomic mass is 9.88. The van der Waals surface area contributed by atoms with Crippen LogP contribution in [0.3, 0.4) is 0 Å². The number of carbonyl (C=O) groups is 4. The first kappa shape index (κ1) is 103. The molecule has 0 saturated heterocycles. The number of unbranched alkanes of at least 4 members (excludes halogenated alkanes) is 12. The fourth-order valence-electron chi connectivity index (χ4n) is 15.8. The van der Waals surface area contributed by atoms with Gasteiger partial charge in [-0.25, -0.2) is 18.7 Å². The molecule has 4 amide bonds. The second kappa shape index (κ2) is 55.6. The number of nitrogens with one attached hydrogen (secondary N) is 12. The van der Waals surface area contributed by atoms with Crippen LogP contribution in [0.4, 0.5) is 0 Å². The van der Waals surface area contributed by atoms with Crippen LogP contribution in [0, 0.1) is 21.6 Å². The molecule has 0 spiro atoms. The monoisotopic (exact) mass is 1830 g/mol. The van der Waals surface area contributed by atoms with Crippen LogP contribution >= 0.6 is 0 Å². The zero-order valence-corrected chi connectivity index (χ0v) is 77.6. The Bertz CT molecular complexity index is 4280. The summed E-state index contributed by atoms with van der Waals surface area (Å²) < 4.78 is 36.8. The first-order chi connectivity index (χ1) is 63.8. The largest absolute Gasteiger partial charge is 0.493 e. The number of nitrogens with two attached hydrogens (primary N) is 8. The van der Waals surface area contributed by atoms with Crippen LogP contribution in [0.1, 0.15) is 271 Å². The van der Waals surface area contributed by atoms with Crippen molar-refractivity contribution in [3.63, 3.8) is 0 Å². The molecule has 8 bridgehead atoms. The minimum Gasteiger partial charge on any atom is -0.493 e. The summed E-state index contributed by atoms with van der Waals surface area (Å²) in [5, 5.41) is 89.9. The maximum atomic E-state index is 13.4. The fourth-order valence-corrected chi connectivity index (χ4v) is 15.8. The molecule has 40 heteroatoms. The summed E-state index contributed by atoms with van der Waals surface area (Å²) in [7, 11) is 0. The number of ether oxygens (including phenoxy) is 4. The van der Waals surface area contributed by atoms with E-state index in [0.717, 1.165) is 169 Å². The van der Waals surface area contributed by atoms with Gasteiger partial charge >= 0.3 is 0 Å². The third kappa shape index (κ3) is 35.6. The minimum atomic E-state index is -0.810. The van der Waals surface area contributed by atoms with Gasteiger partial charge in [0.15, 0.2) is 23.8 Å². The molecule has 0 aliphatic heterocycles. The van der Waals surface area contributed by atoms with Crippen molar-refractivity contribution < 1.29 is 38.1 Å². The van der Waals surface area contributed by atoms with Gasteiger partial charge in [-0.1, -0.05) is 126 Å². The Hall–Kier alpha value is -12.6. The first-order valence-corrected chi connectivity index (χ1v) is 46.9. The van der Waals surface area contributed by atoms with E-state index in [4.69, 9.17) is 86.5 Å². The van der Waals surface area contributed by atoms with Crippen molar-refractivity contribution in [2.24, 2.45) is 45.9 Å². The molecule has 4 atom stereocenters. The first-order valence-electron chi connectivity index (χ1n) is 46.9. The third-order valence-corrected chi connectivity index (χ3v) is 22.6. The van der Waals surface area contributed by atoms with E-state index in [1.165, 1.54) is 0 Å². The van der Waals surface area contributed by atoms with E-state index in [1.54, 1.807) is 18.7 Å². The Morgan fingerprint density at radius 3 is 0.689 bits per heavy atom. The van der Waals surface area contributed by atoms with Gasteiger partial charge in [0, 0.05) is 51.9 Å². The van der Waals surface area contributed by atoms with Crippen LogP contribution in [0.5, 0.6) is 23.0 Å². The van der Waals surface area contributed by atoms with Gasteiger partial charge in [0.2, 0.25) is 23.6 Å². The van der Waals surface area contributed by atoms with Crippen LogP contribution in [-0.4, -0.2) is 184 Å². The summed E-state index contributed by atoms with van der Waals surface area (Å²) >= 11 is 0. The van der Waals surface area contributed by atoms with E-state index in [2.05, 4.69) is 160 Å². The standard InChI is InChI=1S/C92H144N32O8/c1-5-9-13-17-33-129-81-65-37-61(53-121-57-73(113-117-121)49-109-85(125)77(93)25-21-29-105-89(97)98)38-66(81)46-68-40-63(55-123-59-75(115-119-123)51-111-87(127)79(95)27-23-31-107-91(101)102)42-70(83(68)131-35-19-15-11-7-3)48-72-44-64(56-124-60-76(116-120-124)52-112-88(128)80(96)28-24-32-108-92(103)104)43-71(84(72)132-36-20-16-12-8-4)47-69-41-62(39-67(45-65)82(69)130-34-18-14-10-6-2)54-122-58-74(114-118-122)50-110-86(126)78(94)26-22-30-106-90(99)100/h37-44,57-60,77-80H,5-36,45-56,93-96H2,1-4H3,(H,109,125)(H,110,126)(H,111,127)(H,112,128)(H4,97,98,105)(H4,99,100,106)(H4,101,102,107)(H4,103,104,108). The summed E-state index contributed by atoms with van der Waals surface area (Å²) in [6, 6.07) is 14.3. The Kier molecular flexibility index (Phi) is 43.4. The van der Waals surface area contributed by atoms with Crippen LogP contribution in [0.15, 0.2) is 73.3 Å². The molecule has 0 radical (unpaired) electrons. The smallest absolute Gasteiger partial charge is 0.237 e. The number of aromatic nitrogens is 12. The number of nitrogens with zero attached hydrogens (tertiary/aromatic N) is 12. The molecular weight excluding hydrogens is 1680 g/mol. The Balaban J connectivity index is 1.27. The summed E-state index contributed by atoms with van der Waals surface area (Å²) in [6.07, 6.45) is 27.2. The van der Waals surface area contributed by atoms with Crippen molar-refractivity contribution in [1.82, 2.24) is 103 Å². The predicted molar refractivity (Wildman–Crippen MR) is 508 cm³/mol. The van der Waals surface area contributed by atoms with E-state index in [0.29, 0.717) is 175 Å². The molecule has 4 aromatic heterocycles. The lowest BCUT2D eigenvalue weighted by Crippen LogP contribution is -2.41. The molecule has 4 heterocycles. The van der Waals surface area contributed by atoms with Gasteiger partial charge in [0.05, 0.1) is 128 Å². The zero-order valence-electron chi connectivity index (χ0n) is 77.6. The number of benzene rings is 4. The quantitative estimate of drug-likeness (QED) is 0.0125.